The van der Waals surface area contributed by atoms with Gasteiger partial charge in [-0.15, -0.1) is 0 Å². The van der Waals surface area contributed by atoms with Gasteiger partial charge in [0.2, 0.25) is 0 Å². The number of hydrogen-bond acceptors (Lipinski definition) is 1. The quantitative estimate of drug-likeness (QED) is 0.746. The van der Waals surface area contributed by atoms with Gasteiger partial charge in [0, 0.05) is 6.04 Å². The summed E-state index contributed by atoms with van der Waals surface area (Å²) < 4.78 is 0. The fourth-order valence-electron chi connectivity index (χ4n) is 2.80. The molecule has 0 aliphatic heterocycles. The van der Waals surface area contributed by atoms with E-state index in [2.05, 4.69) is 72.8 Å². The first-order chi connectivity index (χ1) is 10.8. The lowest BCUT2D eigenvalue weighted by Gasteiger charge is -2.24. The number of rotatable bonds is 5. The van der Waals surface area contributed by atoms with Crippen LogP contribution in [0, 0.1) is 5.92 Å². The van der Waals surface area contributed by atoms with E-state index >= 15 is 0 Å². The van der Waals surface area contributed by atoms with Gasteiger partial charge in [0.25, 0.3) is 0 Å². The fourth-order valence-corrected chi connectivity index (χ4v) is 2.80. The average Bonchev–Trinajstić information content (AvgIpc) is 2.58. The van der Waals surface area contributed by atoms with Crippen molar-refractivity contribution in [3.63, 3.8) is 0 Å². The molecule has 22 heavy (non-hydrogen) atoms. The Kier molecular flexibility index (Phi) is 4.67. The summed E-state index contributed by atoms with van der Waals surface area (Å²) in [6, 6.07) is 31.2. The van der Waals surface area contributed by atoms with Crippen molar-refractivity contribution < 1.29 is 0 Å². The second kappa shape index (κ2) is 7.06. The summed E-state index contributed by atoms with van der Waals surface area (Å²) in [7, 11) is 0. The molecule has 0 heterocycles. The van der Waals surface area contributed by atoms with Crippen molar-refractivity contribution in [2.24, 2.45) is 5.73 Å². The van der Waals surface area contributed by atoms with Crippen LogP contribution in [0.25, 0.3) is 0 Å². The molecule has 0 spiro atoms. The zero-order chi connectivity index (χ0) is 15.2. The van der Waals surface area contributed by atoms with Crippen molar-refractivity contribution >= 4 is 0 Å². The number of benzene rings is 3. The van der Waals surface area contributed by atoms with Gasteiger partial charge in [-0.05, 0) is 23.1 Å². The Bertz CT molecular complexity index is 637. The highest BCUT2D eigenvalue weighted by Gasteiger charge is 2.22. The highest BCUT2D eigenvalue weighted by molar-refractivity contribution is 5.48. The first-order valence-electron chi connectivity index (χ1n) is 7.62. The standard InChI is InChI=1S/C21H20N/c22-20(16-17-10-4-1-5-11-17)21(18-12-6-2-7-13-18)19-14-8-3-9-15-19/h1-15,20H,16,22H2/t20-/m0/s1. The molecule has 1 atom stereocenters. The maximum Gasteiger partial charge on any atom is 0.0508 e. The van der Waals surface area contributed by atoms with Crippen LogP contribution in [0.5, 0.6) is 0 Å². The van der Waals surface area contributed by atoms with Gasteiger partial charge in [0.05, 0.1) is 5.92 Å². The molecule has 0 bridgehead atoms. The summed E-state index contributed by atoms with van der Waals surface area (Å²) in [6.45, 7) is 0. The van der Waals surface area contributed by atoms with E-state index in [0.717, 1.165) is 6.42 Å². The molecule has 3 aromatic carbocycles. The van der Waals surface area contributed by atoms with Gasteiger partial charge in [0.15, 0.2) is 0 Å². The molecule has 1 heteroatoms. The molecule has 1 nitrogen and oxygen atoms in total. The van der Waals surface area contributed by atoms with Gasteiger partial charge in [-0.1, -0.05) is 91.0 Å². The van der Waals surface area contributed by atoms with E-state index in [0.29, 0.717) is 0 Å². The van der Waals surface area contributed by atoms with Gasteiger partial charge in [-0.2, -0.15) is 0 Å². The summed E-state index contributed by atoms with van der Waals surface area (Å²) in [5.74, 6) is 1.20. The lowest BCUT2D eigenvalue weighted by molar-refractivity contribution is 0.716. The van der Waals surface area contributed by atoms with Crippen molar-refractivity contribution in [2.75, 3.05) is 0 Å². The minimum absolute atomic E-state index is 0.0350. The molecule has 0 aliphatic rings. The summed E-state index contributed by atoms with van der Waals surface area (Å²) in [5, 5.41) is 0. The van der Waals surface area contributed by atoms with Crippen molar-refractivity contribution in [3.8, 4) is 0 Å². The Balaban J connectivity index is 1.92. The van der Waals surface area contributed by atoms with Crippen molar-refractivity contribution in [1.82, 2.24) is 0 Å². The zero-order valence-electron chi connectivity index (χ0n) is 12.5. The average molecular weight is 286 g/mol. The second-order valence-corrected chi connectivity index (χ2v) is 5.44. The predicted molar refractivity (Wildman–Crippen MR) is 92.5 cm³/mol. The monoisotopic (exact) mass is 286 g/mol. The SMILES string of the molecule is N[C@@H](Cc1ccccc1)[C](c1ccccc1)c1ccccc1. The van der Waals surface area contributed by atoms with Crippen LogP contribution in [0.15, 0.2) is 91.0 Å². The van der Waals surface area contributed by atoms with Gasteiger partial charge < -0.3 is 5.73 Å². The van der Waals surface area contributed by atoms with Crippen LogP contribution in [0.3, 0.4) is 0 Å². The Labute approximate surface area is 132 Å². The van der Waals surface area contributed by atoms with E-state index in [-0.39, 0.29) is 6.04 Å². The number of hydrogen-bond donors (Lipinski definition) is 1. The normalized spacial score (nSPS) is 12.3. The van der Waals surface area contributed by atoms with E-state index in [1.54, 1.807) is 0 Å². The minimum Gasteiger partial charge on any atom is -0.326 e. The number of nitrogens with two attached hydrogens (primary N) is 1. The third kappa shape index (κ3) is 3.44. The Morgan fingerprint density at radius 3 is 1.50 bits per heavy atom. The smallest absolute Gasteiger partial charge is 0.0508 e. The van der Waals surface area contributed by atoms with E-state index in [1.807, 2.05) is 18.2 Å². The lowest BCUT2D eigenvalue weighted by atomic mass is 9.83. The highest BCUT2D eigenvalue weighted by Crippen LogP contribution is 2.27. The molecule has 3 rings (SSSR count). The largest absolute Gasteiger partial charge is 0.326 e. The zero-order valence-corrected chi connectivity index (χ0v) is 12.5. The van der Waals surface area contributed by atoms with Crippen LogP contribution in [0.2, 0.25) is 0 Å². The lowest BCUT2D eigenvalue weighted by Crippen LogP contribution is -2.32. The molecular formula is C21H20N. The van der Waals surface area contributed by atoms with E-state index in [9.17, 15) is 0 Å². The van der Waals surface area contributed by atoms with Crippen molar-refractivity contribution in [1.29, 1.82) is 0 Å². The van der Waals surface area contributed by atoms with Crippen LogP contribution < -0.4 is 5.73 Å². The third-order valence-corrected chi connectivity index (χ3v) is 3.84. The molecule has 0 aliphatic carbocycles. The van der Waals surface area contributed by atoms with Crippen LogP contribution >= 0.6 is 0 Å². The van der Waals surface area contributed by atoms with Crippen molar-refractivity contribution in [3.05, 3.63) is 114 Å². The Morgan fingerprint density at radius 2 is 1.05 bits per heavy atom. The van der Waals surface area contributed by atoms with Crippen LogP contribution in [-0.2, 0) is 6.42 Å². The van der Waals surface area contributed by atoms with Crippen molar-refractivity contribution in [2.45, 2.75) is 12.5 Å². The first kappa shape index (κ1) is 14.6. The second-order valence-electron chi connectivity index (χ2n) is 5.44. The van der Waals surface area contributed by atoms with Crippen LogP contribution in [-0.4, -0.2) is 6.04 Å². The predicted octanol–water partition coefficient (Wildman–Crippen LogP) is 4.23. The molecule has 0 amide bonds. The van der Waals surface area contributed by atoms with E-state index in [1.165, 1.54) is 22.6 Å². The third-order valence-electron chi connectivity index (χ3n) is 3.84. The Morgan fingerprint density at radius 1 is 0.636 bits per heavy atom. The molecule has 0 saturated heterocycles. The van der Waals surface area contributed by atoms with Crippen LogP contribution in [0.4, 0.5) is 0 Å². The van der Waals surface area contributed by atoms with Crippen LogP contribution in [0.1, 0.15) is 16.7 Å². The molecule has 1 radical (unpaired) electrons. The van der Waals surface area contributed by atoms with Gasteiger partial charge in [-0.25, -0.2) is 0 Å². The minimum atomic E-state index is -0.0350. The molecular weight excluding hydrogens is 266 g/mol. The maximum absolute atomic E-state index is 6.58. The fraction of sp³-hybridized carbons (Fsp3) is 0.0952. The molecule has 0 fully saturated rings. The van der Waals surface area contributed by atoms with Gasteiger partial charge >= 0.3 is 0 Å². The molecule has 0 saturated carbocycles. The molecule has 2 N–H and O–H groups in total. The van der Waals surface area contributed by atoms with Gasteiger partial charge in [0.1, 0.15) is 0 Å². The summed E-state index contributed by atoms with van der Waals surface area (Å²) >= 11 is 0. The van der Waals surface area contributed by atoms with E-state index < -0.39 is 0 Å². The van der Waals surface area contributed by atoms with E-state index in [4.69, 9.17) is 5.73 Å². The maximum atomic E-state index is 6.58. The van der Waals surface area contributed by atoms with Gasteiger partial charge in [-0.3, -0.25) is 0 Å². The summed E-state index contributed by atoms with van der Waals surface area (Å²) in [6.07, 6.45) is 0.833. The molecule has 109 valence electrons. The summed E-state index contributed by atoms with van der Waals surface area (Å²) in [5.41, 5.74) is 10.2. The molecule has 0 unspecified atom stereocenters. The molecule has 0 aromatic heterocycles. The first-order valence-corrected chi connectivity index (χ1v) is 7.62. The topological polar surface area (TPSA) is 26.0 Å². The summed E-state index contributed by atoms with van der Waals surface area (Å²) in [4.78, 5) is 0. The molecule has 3 aromatic rings. The highest BCUT2D eigenvalue weighted by atomic mass is 14.6. The Hall–Kier alpha value is -2.38.